The van der Waals surface area contributed by atoms with Crippen LogP contribution in [0.1, 0.15) is 11.8 Å². The first-order chi connectivity index (χ1) is 5.63. The van der Waals surface area contributed by atoms with Gasteiger partial charge in [-0.1, -0.05) is 0 Å². The monoisotopic (exact) mass is 206 g/mol. The molecule has 0 aliphatic rings. The number of nitrogens with one attached hydrogen (secondary N) is 1. The number of carbonyl (C=O) groups is 1. The number of carboxylic acids is 1. The number of nitrogens with two attached hydrogens (primary N) is 1. The minimum atomic E-state index is -1.33. The Morgan fingerprint density at radius 1 is 1.69 bits per heavy atom. The van der Waals surface area contributed by atoms with Crippen LogP contribution in [0, 0.1) is 0 Å². The normalized spacial score (nSPS) is 14.3. The Kier molecular flexibility index (Phi) is 4.39. The Morgan fingerprint density at radius 3 is 2.69 bits per heavy atom. The predicted octanol–water partition coefficient (Wildman–Crippen LogP) is -4.14. The third kappa shape index (κ3) is 2.69. The maximum absolute atomic E-state index is 10.3. The van der Waals surface area contributed by atoms with Crippen LogP contribution in [-0.2, 0) is 4.79 Å². The quantitative estimate of drug-likeness (QED) is 0.401. The van der Waals surface area contributed by atoms with E-state index in [9.17, 15) is 9.90 Å². The zero-order valence-electron chi connectivity index (χ0n) is 6.51. The van der Waals surface area contributed by atoms with Crippen molar-refractivity contribution in [3.63, 3.8) is 0 Å². The van der Waals surface area contributed by atoms with Crippen LogP contribution in [0.25, 0.3) is 0 Å². The number of H-pyrrole nitrogens is 1. The van der Waals surface area contributed by atoms with Crippen molar-refractivity contribution in [1.29, 1.82) is 0 Å². The van der Waals surface area contributed by atoms with Gasteiger partial charge in [-0.25, -0.2) is 4.98 Å². The van der Waals surface area contributed by atoms with Gasteiger partial charge in [0.2, 0.25) is 0 Å². The van der Waals surface area contributed by atoms with E-state index in [0.29, 0.717) is 5.69 Å². The molecule has 1 aromatic heterocycles. The molecule has 5 N–H and O–H groups in total. The lowest BCUT2D eigenvalue weighted by Crippen LogP contribution is -3.00. The summed E-state index contributed by atoms with van der Waals surface area (Å²) in [5.41, 5.74) is 5.45. The van der Waals surface area contributed by atoms with Crippen molar-refractivity contribution < 1.29 is 27.4 Å². The van der Waals surface area contributed by atoms with E-state index >= 15 is 0 Å². The Bertz CT molecular complexity index is 264. The highest BCUT2D eigenvalue weighted by Gasteiger charge is 2.24. The molecule has 7 heteroatoms. The largest absolute Gasteiger partial charge is 1.00 e. The minimum absolute atomic E-state index is 0. The van der Waals surface area contributed by atoms with Crippen molar-refractivity contribution in [2.45, 2.75) is 12.1 Å². The zero-order valence-corrected chi connectivity index (χ0v) is 7.27. The van der Waals surface area contributed by atoms with E-state index in [1.807, 2.05) is 0 Å². The Morgan fingerprint density at radius 2 is 2.31 bits per heavy atom. The van der Waals surface area contributed by atoms with Crippen LogP contribution in [0.5, 0.6) is 0 Å². The smallest absolute Gasteiger partial charge is 0.323 e. The molecule has 0 aliphatic carbocycles. The van der Waals surface area contributed by atoms with Crippen LogP contribution in [0.4, 0.5) is 0 Å². The third-order valence-electron chi connectivity index (χ3n) is 1.46. The van der Waals surface area contributed by atoms with E-state index in [1.165, 1.54) is 12.5 Å². The summed E-state index contributed by atoms with van der Waals surface area (Å²) in [6, 6.07) is -1.33. The van der Waals surface area contributed by atoms with Crippen LogP contribution < -0.4 is 18.1 Å². The maximum atomic E-state index is 10.3. The van der Waals surface area contributed by atoms with Gasteiger partial charge >= 0.3 is 5.97 Å². The molecular formula is C6H9ClN3O3-. The number of aromatic amines is 1. The molecule has 6 nitrogen and oxygen atoms in total. The second-order valence-corrected chi connectivity index (χ2v) is 2.32. The molecule has 1 heterocycles. The van der Waals surface area contributed by atoms with Crippen molar-refractivity contribution in [2.24, 2.45) is 5.73 Å². The summed E-state index contributed by atoms with van der Waals surface area (Å²) >= 11 is 0. The van der Waals surface area contributed by atoms with Gasteiger partial charge in [0.1, 0.15) is 12.1 Å². The van der Waals surface area contributed by atoms with Gasteiger partial charge in [0.05, 0.1) is 18.2 Å². The molecular weight excluding hydrogens is 198 g/mol. The summed E-state index contributed by atoms with van der Waals surface area (Å²) < 4.78 is 0. The lowest BCUT2D eigenvalue weighted by atomic mass is 10.1. The SMILES string of the molecule is NC(C(=O)O)C(O)c1cnc[nH]1.[Cl-]. The molecule has 0 aromatic carbocycles. The molecule has 0 fully saturated rings. The first-order valence-electron chi connectivity index (χ1n) is 3.27. The number of aliphatic hydroxyl groups excluding tert-OH is 1. The van der Waals surface area contributed by atoms with Gasteiger partial charge in [-0.15, -0.1) is 0 Å². The zero-order chi connectivity index (χ0) is 9.14. The predicted molar refractivity (Wildman–Crippen MR) is 39.2 cm³/mol. The molecule has 0 spiro atoms. The van der Waals surface area contributed by atoms with Gasteiger partial charge in [-0.3, -0.25) is 4.79 Å². The lowest BCUT2D eigenvalue weighted by molar-refractivity contribution is -0.141. The standard InChI is InChI=1S/C6H9N3O3.ClH/c7-4(6(11)12)5(10)3-1-8-2-9-3;/h1-2,4-5,10H,7H2,(H,8,9)(H,11,12);1H/p-1. The highest BCUT2D eigenvalue weighted by molar-refractivity contribution is 5.74. The first-order valence-corrected chi connectivity index (χ1v) is 3.27. The molecule has 2 atom stereocenters. The van der Waals surface area contributed by atoms with Gasteiger partial charge in [-0.05, 0) is 0 Å². The van der Waals surface area contributed by atoms with Crippen LogP contribution in [0.2, 0.25) is 0 Å². The summed E-state index contributed by atoms with van der Waals surface area (Å²) in [6.07, 6.45) is 1.42. The van der Waals surface area contributed by atoms with E-state index < -0.39 is 18.1 Å². The minimum Gasteiger partial charge on any atom is -1.00 e. The van der Waals surface area contributed by atoms with E-state index in [-0.39, 0.29) is 12.4 Å². The van der Waals surface area contributed by atoms with Gasteiger partial charge in [-0.2, -0.15) is 0 Å². The number of aromatic nitrogens is 2. The van der Waals surface area contributed by atoms with E-state index in [4.69, 9.17) is 10.8 Å². The number of aliphatic carboxylic acids is 1. The van der Waals surface area contributed by atoms with Crippen molar-refractivity contribution in [3.05, 3.63) is 18.2 Å². The second-order valence-electron chi connectivity index (χ2n) is 2.32. The number of carboxylic acid groups (broad SMARTS) is 1. The maximum Gasteiger partial charge on any atom is 0.323 e. The second kappa shape index (κ2) is 4.80. The number of halogens is 1. The molecule has 0 radical (unpaired) electrons. The number of hydrogen-bond acceptors (Lipinski definition) is 4. The van der Waals surface area contributed by atoms with E-state index in [0.717, 1.165) is 0 Å². The fourth-order valence-corrected chi connectivity index (χ4v) is 0.757. The highest BCUT2D eigenvalue weighted by Crippen LogP contribution is 2.11. The van der Waals surface area contributed by atoms with Crippen molar-refractivity contribution in [3.8, 4) is 0 Å². The van der Waals surface area contributed by atoms with Crippen molar-refractivity contribution in [1.82, 2.24) is 9.97 Å². The lowest BCUT2D eigenvalue weighted by Gasteiger charge is -2.12. The van der Waals surface area contributed by atoms with Crippen LogP contribution in [0.3, 0.4) is 0 Å². The number of nitrogens with zero attached hydrogens (tertiary/aromatic N) is 1. The van der Waals surface area contributed by atoms with Crippen molar-refractivity contribution >= 4 is 5.97 Å². The molecule has 1 aromatic rings. The summed E-state index contributed by atoms with van der Waals surface area (Å²) in [4.78, 5) is 16.5. The summed E-state index contributed by atoms with van der Waals surface area (Å²) in [6.45, 7) is 0. The van der Waals surface area contributed by atoms with Gasteiger partial charge in [0.25, 0.3) is 0 Å². The van der Waals surface area contributed by atoms with Crippen LogP contribution >= 0.6 is 0 Å². The number of imidazole rings is 1. The highest BCUT2D eigenvalue weighted by atomic mass is 35.5. The number of aliphatic hydroxyl groups is 1. The molecule has 0 amide bonds. The Hall–Kier alpha value is -1.11. The average Bonchev–Trinajstić information content (AvgIpc) is 2.53. The molecule has 0 bridgehead atoms. The fraction of sp³-hybridized carbons (Fsp3) is 0.333. The number of hydrogen-bond donors (Lipinski definition) is 4. The van der Waals surface area contributed by atoms with Gasteiger partial charge in [0.15, 0.2) is 0 Å². The topological polar surface area (TPSA) is 112 Å². The van der Waals surface area contributed by atoms with Crippen LogP contribution in [-0.4, -0.2) is 32.2 Å². The fourth-order valence-electron chi connectivity index (χ4n) is 0.757. The Labute approximate surface area is 80.2 Å². The van der Waals surface area contributed by atoms with Gasteiger partial charge < -0.3 is 33.3 Å². The van der Waals surface area contributed by atoms with Gasteiger partial charge in [0, 0.05) is 0 Å². The molecule has 0 saturated heterocycles. The Balaban J connectivity index is 0.00000144. The summed E-state index contributed by atoms with van der Waals surface area (Å²) in [7, 11) is 0. The molecule has 74 valence electrons. The molecule has 0 saturated carbocycles. The summed E-state index contributed by atoms with van der Waals surface area (Å²) in [5.74, 6) is -1.25. The van der Waals surface area contributed by atoms with Crippen LogP contribution in [0.15, 0.2) is 12.5 Å². The van der Waals surface area contributed by atoms with Crippen molar-refractivity contribution in [2.75, 3.05) is 0 Å². The molecule has 2 unspecified atom stereocenters. The average molecular weight is 207 g/mol. The molecule has 13 heavy (non-hydrogen) atoms. The third-order valence-corrected chi connectivity index (χ3v) is 1.46. The molecule has 0 aliphatic heterocycles. The van der Waals surface area contributed by atoms with E-state index in [1.54, 1.807) is 0 Å². The molecule has 1 rings (SSSR count). The first kappa shape index (κ1) is 11.9. The summed E-state index contributed by atoms with van der Waals surface area (Å²) in [5, 5.41) is 17.7. The van der Waals surface area contributed by atoms with E-state index in [2.05, 4.69) is 9.97 Å². The number of rotatable bonds is 3.